The van der Waals surface area contributed by atoms with E-state index in [-0.39, 0.29) is 17.5 Å². The second kappa shape index (κ2) is 2.71. The predicted octanol–water partition coefficient (Wildman–Crippen LogP) is 0.748. The van der Waals surface area contributed by atoms with Crippen molar-refractivity contribution in [2.45, 2.75) is 51.2 Å². The molecule has 0 aromatic rings. The highest BCUT2D eigenvalue weighted by Gasteiger charge is 2.42. The summed E-state index contributed by atoms with van der Waals surface area (Å²) in [5, 5.41) is 3.33. The number of amides is 1. The van der Waals surface area contributed by atoms with E-state index in [0.29, 0.717) is 6.04 Å². The smallest absolute Gasteiger partial charge is 0.239 e. The molecule has 3 heteroatoms. The van der Waals surface area contributed by atoms with E-state index in [1.807, 2.05) is 6.92 Å². The van der Waals surface area contributed by atoms with Gasteiger partial charge in [0.25, 0.3) is 0 Å². The first-order valence-corrected chi connectivity index (χ1v) is 5.08. The number of carbonyl (C=O) groups excluding carboxylic acids is 1. The van der Waals surface area contributed by atoms with Crippen LogP contribution < -0.4 is 5.32 Å². The van der Waals surface area contributed by atoms with Crippen molar-refractivity contribution in [1.29, 1.82) is 0 Å². The van der Waals surface area contributed by atoms with Crippen molar-refractivity contribution in [3.63, 3.8) is 0 Å². The summed E-state index contributed by atoms with van der Waals surface area (Å²) < 4.78 is 0. The van der Waals surface area contributed by atoms with Crippen molar-refractivity contribution < 1.29 is 4.79 Å². The lowest BCUT2D eigenvalue weighted by atomic mass is 9.98. The average Bonchev–Trinajstić information content (AvgIpc) is 2.78. The molecule has 1 saturated carbocycles. The minimum Gasteiger partial charge on any atom is -0.337 e. The number of nitrogens with zero attached hydrogens (tertiary/aromatic N) is 1. The van der Waals surface area contributed by atoms with Gasteiger partial charge in [-0.25, -0.2) is 0 Å². The molecule has 0 radical (unpaired) electrons. The maximum atomic E-state index is 11.8. The molecule has 0 aromatic carbocycles. The molecule has 1 N–H and O–H groups in total. The first kappa shape index (κ1) is 9.00. The van der Waals surface area contributed by atoms with Gasteiger partial charge in [0.15, 0.2) is 0 Å². The third-order valence-electron chi connectivity index (χ3n) is 2.81. The zero-order chi connectivity index (χ0) is 9.64. The second-order valence-electron chi connectivity index (χ2n) is 4.95. The summed E-state index contributed by atoms with van der Waals surface area (Å²) in [6.45, 7) is 7.14. The standard InChI is InChI=1S/C10H18N2O/c1-7-9(13)12(8-4-5-8)6-10(2,3)11-7/h7-8,11H,4-6H2,1-3H3. The summed E-state index contributed by atoms with van der Waals surface area (Å²) in [4.78, 5) is 13.8. The van der Waals surface area contributed by atoms with Crippen molar-refractivity contribution in [2.75, 3.05) is 6.54 Å². The quantitative estimate of drug-likeness (QED) is 0.649. The normalized spacial score (nSPS) is 33.6. The van der Waals surface area contributed by atoms with E-state index in [1.54, 1.807) is 0 Å². The van der Waals surface area contributed by atoms with Crippen LogP contribution in [0.4, 0.5) is 0 Å². The Morgan fingerprint density at radius 2 is 2.08 bits per heavy atom. The molecule has 2 rings (SSSR count). The van der Waals surface area contributed by atoms with Crippen LogP contribution in [0.25, 0.3) is 0 Å². The van der Waals surface area contributed by atoms with Gasteiger partial charge in [0.2, 0.25) is 5.91 Å². The van der Waals surface area contributed by atoms with Crippen LogP contribution in [-0.4, -0.2) is 35.0 Å². The van der Waals surface area contributed by atoms with Gasteiger partial charge in [0, 0.05) is 18.1 Å². The lowest BCUT2D eigenvalue weighted by molar-refractivity contribution is -0.138. The van der Waals surface area contributed by atoms with Gasteiger partial charge in [0.05, 0.1) is 6.04 Å². The van der Waals surface area contributed by atoms with Gasteiger partial charge in [-0.3, -0.25) is 10.1 Å². The Bertz CT molecular complexity index is 233. The molecule has 1 atom stereocenters. The summed E-state index contributed by atoms with van der Waals surface area (Å²) in [5.74, 6) is 0.279. The number of piperazine rings is 1. The molecule has 2 fully saturated rings. The van der Waals surface area contributed by atoms with Gasteiger partial charge >= 0.3 is 0 Å². The van der Waals surface area contributed by atoms with E-state index >= 15 is 0 Å². The fraction of sp³-hybridized carbons (Fsp3) is 0.900. The van der Waals surface area contributed by atoms with E-state index < -0.39 is 0 Å². The highest BCUT2D eigenvalue weighted by molar-refractivity contribution is 5.83. The number of nitrogens with one attached hydrogen (secondary N) is 1. The molecule has 0 bridgehead atoms. The summed E-state index contributed by atoms with van der Waals surface area (Å²) >= 11 is 0. The Hall–Kier alpha value is -0.570. The SMILES string of the molecule is CC1NC(C)(C)CN(C2CC2)C1=O. The van der Waals surface area contributed by atoms with Crippen LogP contribution in [0.2, 0.25) is 0 Å². The van der Waals surface area contributed by atoms with Crippen LogP contribution in [0.15, 0.2) is 0 Å². The average molecular weight is 182 g/mol. The fourth-order valence-electron chi connectivity index (χ4n) is 2.14. The number of hydrogen-bond donors (Lipinski definition) is 1. The predicted molar refractivity (Wildman–Crippen MR) is 51.4 cm³/mol. The van der Waals surface area contributed by atoms with Crippen LogP contribution in [-0.2, 0) is 4.79 Å². The first-order chi connectivity index (χ1) is 5.99. The third kappa shape index (κ3) is 1.70. The van der Waals surface area contributed by atoms with Crippen LogP contribution in [0.5, 0.6) is 0 Å². The van der Waals surface area contributed by atoms with E-state index in [2.05, 4.69) is 24.1 Å². The van der Waals surface area contributed by atoms with E-state index in [0.717, 1.165) is 6.54 Å². The largest absolute Gasteiger partial charge is 0.337 e. The lowest BCUT2D eigenvalue weighted by Gasteiger charge is -2.42. The van der Waals surface area contributed by atoms with Gasteiger partial charge in [-0.05, 0) is 33.6 Å². The highest BCUT2D eigenvalue weighted by Crippen LogP contribution is 2.30. The van der Waals surface area contributed by atoms with E-state index in [4.69, 9.17) is 0 Å². The molecular formula is C10H18N2O. The van der Waals surface area contributed by atoms with E-state index in [9.17, 15) is 4.79 Å². The zero-order valence-corrected chi connectivity index (χ0v) is 8.63. The fourth-order valence-corrected chi connectivity index (χ4v) is 2.14. The van der Waals surface area contributed by atoms with Crippen molar-refractivity contribution in [1.82, 2.24) is 10.2 Å². The van der Waals surface area contributed by atoms with Gasteiger partial charge in [-0.1, -0.05) is 0 Å². The molecule has 1 unspecified atom stereocenters. The van der Waals surface area contributed by atoms with Crippen molar-refractivity contribution in [3.05, 3.63) is 0 Å². The molecule has 3 nitrogen and oxygen atoms in total. The molecule has 1 aliphatic heterocycles. The van der Waals surface area contributed by atoms with Gasteiger partial charge < -0.3 is 4.90 Å². The minimum absolute atomic E-state index is 0.00986. The molecule has 0 aromatic heterocycles. The summed E-state index contributed by atoms with van der Waals surface area (Å²) in [5.41, 5.74) is 0.0793. The topological polar surface area (TPSA) is 32.3 Å². The van der Waals surface area contributed by atoms with Crippen molar-refractivity contribution >= 4 is 5.91 Å². The second-order valence-corrected chi connectivity index (χ2v) is 4.95. The van der Waals surface area contributed by atoms with Crippen LogP contribution in [0.1, 0.15) is 33.6 Å². The number of rotatable bonds is 1. The number of hydrogen-bond acceptors (Lipinski definition) is 2. The summed E-state index contributed by atoms with van der Waals surface area (Å²) in [6.07, 6.45) is 2.41. The summed E-state index contributed by atoms with van der Waals surface area (Å²) in [7, 11) is 0. The molecule has 74 valence electrons. The summed E-state index contributed by atoms with van der Waals surface area (Å²) in [6, 6.07) is 0.542. The Morgan fingerprint density at radius 1 is 1.46 bits per heavy atom. The molecule has 13 heavy (non-hydrogen) atoms. The minimum atomic E-state index is -0.00986. The Labute approximate surface area is 79.5 Å². The zero-order valence-electron chi connectivity index (χ0n) is 8.63. The maximum Gasteiger partial charge on any atom is 0.239 e. The Morgan fingerprint density at radius 3 is 2.62 bits per heavy atom. The van der Waals surface area contributed by atoms with Crippen molar-refractivity contribution in [3.8, 4) is 0 Å². The van der Waals surface area contributed by atoms with Crippen LogP contribution in [0.3, 0.4) is 0 Å². The molecule has 1 amide bonds. The first-order valence-electron chi connectivity index (χ1n) is 5.08. The highest BCUT2D eigenvalue weighted by atomic mass is 16.2. The van der Waals surface area contributed by atoms with Gasteiger partial charge in [-0.2, -0.15) is 0 Å². The van der Waals surface area contributed by atoms with Gasteiger partial charge in [0.1, 0.15) is 0 Å². The molecule has 1 saturated heterocycles. The molecule has 1 heterocycles. The molecule has 2 aliphatic rings. The third-order valence-corrected chi connectivity index (χ3v) is 2.81. The monoisotopic (exact) mass is 182 g/mol. The Kier molecular flexibility index (Phi) is 1.88. The van der Waals surface area contributed by atoms with Crippen LogP contribution in [0, 0.1) is 0 Å². The van der Waals surface area contributed by atoms with E-state index in [1.165, 1.54) is 12.8 Å². The van der Waals surface area contributed by atoms with Crippen LogP contribution >= 0.6 is 0 Å². The Balaban J connectivity index is 2.12. The maximum absolute atomic E-state index is 11.8. The van der Waals surface area contributed by atoms with Gasteiger partial charge in [-0.15, -0.1) is 0 Å². The molecule has 0 spiro atoms. The number of carbonyl (C=O) groups is 1. The lowest BCUT2D eigenvalue weighted by Crippen LogP contribution is -2.64. The molecular weight excluding hydrogens is 164 g/mol. The van der Waals surface area contributed by atoms with Crippen molar-refractivity contribution in [2.24, 2.45) is 0 Å². The molecule has 1 aliphatic carbocycles.